The maximum Gasteiger partial charge on any atom is 0.242 e. The largest absolute Gasteiger partial charge is 0.342 e. The van der Waals surface area contributed by atoms with Gasteiger partial charge in [-0.25, -0.2) is 4.98 Å². The Hall–Kier alpha value is -2.28. The third-order valence-corrected chi connectivity index (χ3v) is 5.28. The highest BCUT2D eigenvalue weighted by Crippen LogP contribution is 2.22. The molecule has 2 aromatic rings. The second-order valence-corrected chi connectivity index (χ2v) is 7.47. The predicted octanol–water partition coefficient (Wildman–Crippen LogP) is 2.91. The van der Waals surface area contributed by atoms with Gasteiger partial charge in [-0.2, -0.15) is 0 Å². The number of benzene rings is 1. The fourth-order valence-corrected chi connectivity index (χ4v) is 3.80. The molecular weight excluding hydrogens is 360 g/mol. The van der Waals surface area contributed by atoms with Crippen molar-refractivity contribution in [2.45, 2.75) is 32.9 Å². The lowest BCUT2D eigenvalue weighted by molar-refractivity contribution is -0.137. The minimum atomic E-state index is -0.0875. The second kappa shape index (κ2) is 9.60. The first-order chi connectivity index (χ1) is 12.8. The number of aromatic nitrogens is 2. The van der Waals surface area contributed by atoms with Gasteiger partial charge in [0.25, 0.3) is 0 Å². The number of thioether (sulfide) groups is 1. The van der Waals surface area contributed by atoms with E-state index < -0.39 is 0 Å². The van der Waals surface area contributed by atoms with Crippen molar-refractivity contribution in [2.75, 3.05) is 32.4 Å². The van der Waals surface area contributed by atoms with E-state index in [1.807, 2.05) is 24.6 Å². The van der Waals surface area contributed by atoms with Crippen LogP contribution in [0.15, 0.2) is 35.7 Å². The number of hydrogen-bond acceptors (Lipinski definition) is 4. The number of rotatable bonds is 8. The summed E-state index contributed by atoms with van der Waals surface area (Å²) in [6.45, 7) is 9.40. The number of nitrogens with zero attached hydrogens (tertiary/aromatic N) is 4. The zero-order chi connectivity index (χ0) is 20.0. The minimum absolute atomic E-state index is 0.0300. The Balaban J connectivity index is 2.00. The van der Waals surface area contributed by atoms with Crippen molar-refractivity contribution in [1.82, 2.24) is 19.4 Å². The van der Waals surface area contributed by atoms with Crippen molar-refractivity contribution in [3.8, 4) is 5.69 Å². The number of likely N-dealkylation sites (N-methyl/N-ethyl adjacent to an activating group) is 2. The average Bonchev–Trinajstić information content (AvgIpc) is 3.08. The van der Waals surface area contributed by atoms with Crippen LogP contribution in [-0.2, 0) is 9.59 Å². The number of amides is 2. The van der Waals surface area contributed by atoms with Crippen LogP contribution in [0.4, 0.5) is 0 Å². The Bertz CT molecular complexity index is 779. The van der Waals surface area contributed by atoms with Crippen molar-refractivity contribution < 1.29 is 9.59 Å². The zero-order valence-electron chi connectivity index (χ0n) is 16.7. The average molecular weight is 389 g/mol. The fourth-order valence-electron chi connectivity index (χ4n) is 2.89. The molecule has 0 saturated carbocycles. The van der Waals surface area contributed by atoms with Crippen molar-refractivity contribution >= 4 is 23.6 Å². The summed E-state index contributed by atoms with van der Waals surface area (Å²) >= 11 is 1.38. The molecule has 2 rings (SSSR count). The summed E-state index contributed by atoms with van der Waals surface area (Å²) in [4.78, 5) is 32.2. The van der Waals surface area contributed by atoms with Gasteiger partial charge in [-0.05, 0) is 51.0 Å². The highest BCUT2D eigenvalue weighted by Gasteiger charge is 2.17. The zero-order valence-corrected chi connectivity index (χ0v) is 17.5. The van der Waals surface area contributed by atoms with E-state index in [0.29, 0.717) is 13.1 Å². The molecule has 146 valence electrons. The molecule has 0 aliphatic rings. The fraction of sp³-hybridized carbons (Fsp3) is 0.450. The van der Waals surface area contributed by atoms with Gasteiger partial charge in [0, 0.05) is 38.2 Å². The highest BCUT2D eigenvalue weighted by molar-refractivity contribution is 7.99. The van der Waals surface area contributed by atoms with Gasteiger partial charge in [-0.3, -0.25) is 14.2 Å². The van der Waals surface area contributed by atoms with Gasteiger partial charge in [0.05, 0.1) is 12.3 Å². The van der Waals surface area contributed by atoms with E-state index in [1.165, 1.54) is 27.8 Å². The molecule has 0 aliphatic heterocycles. The third-order valence-electron chi connectivity index (χ3n) is 4.33. The molecule has 0 aliphatic carbocycles. The summed E-state index contributed by atoms with van der Waals surface area (Å²) in [5.74, 6) is 0.122. The molecule has 0 radical (unpaired) electrons. The standard InChI is InChI=1S/C20H28N4O2S/c1-6-23(7-2)18(25)13-22(5)19(26)14-27-20-21-8-9-24(20)17-11-15(3)10-16(4)12-17/h8-12H,6-7,13-14H2,1-5H3. The Morgan fingerprint density at radius 3 is 2.30 bits per heavy atom. The molecule has 2 amide bonds. The Labute approximate surface area is 165 Å². The number of hydrogen-bond donors (Lipinski definition) is 0. The van der Waals surface area contributed by atoms with Crippen LogP contribution in [0.2, 0.25) is 0 Å². The van der Waals surface area contributed by atoms with Crippen LogP contribution >= 0.6 is 11.8 Å². The predicted molar refractivity (Wildman–Crippen MR) is 109 cm³/mol. The van der Waals surface area contributed by atoms with Crippen molar-refractivity contribution in [3.05, 3.63) is 41.7 Å². The number of aryl methyl sites for hydroxylation is 2. The smallest absolute Gasteiger partial charge is 0.242 e. The van der Waals surface area contributed by atoms with Gasteiger partial charge in [-0.15, -0.1) is 0 Å². The molecule has 0 unspecified atom stereocenters. The number of carbonyl (C=O) groups is 2. The summed E-state index contributed by atoms with van der Waals surface area (Å²) in [6, 6.07) is 6.31. The maximum atomic E-state index is 12.4. The SMILES string of the molecule is CCN(CC)C(=O)CN(C)C(=O)CSc1nccn1-c1cc(C)cc(C)c1. The van der Waals surface area contributed by atoms with Crippen LogP contribution in [0.3, 0.4) is 0 Å². The van der Waals surface area contributed by atoms with Crippen molar-refractivity contribution in [1.29, 1.82) is 0 Å². The molecule has 0 fully saturated rings. The monoisotopic (exact) mass is 388 g/mol. The van der Waals surface area contributed by atoms with Gasteiger partial charge >= 0.3 is 0 Å². The molecule has 1 heterocycles. The quantitative estimate of drug-likeness (QED) is 0.653. The van der Waals surface area contributed by atoms with Crippen molar-refractivity contribution in [2.24, 2.45) is 0 Å². The van der Waals surface area contributed by atoms with Gasteiger partial charge in [-0.1, -0.05) is 17.8 Å². The van der Waals surface area contributed by atoms with Crippen molar-refractivity contribution in [3.63, 3.8) is 0 Å². The molecule has 1 aromatic heterocycles. The van der Waals surface area contributed by atoms with E-state index in [1.54, 1.807) is 18.1 Å². The Morgan fingerprint density at radius 2 is 1.70 bits per heavy atom. The van der Waals surface area contributed by atoms with Gasteiger partial charge in [0.15, 0.2) is 5.16 Å². The van der Waals surface area contributed by atoms with E-state index in [9.17, 15) is 9.59 Å². The molecule has 0 atom stereocenters. The molecule has 6 nitrogen and oxygen atoms in total. The molecule has 0 N–H and O–H groups in total. The maximum absolute atomic E-state index is 12.4. The second-order valence-electron chi connectivity index (χ2n) is 6.53. The summed E-state index contributed by atoms with van der Waals surface area (Å²) in [6.07, 6.45) is 3.63. The minimum Gasteiger partial charge on any atom is -0.342 e. The first-order valence-electron chi connectivity index (χ1n) is 9.12. The van der Waals surface area contributed by atoms with Crippen LogP contribution in [0, 0.1) is 13.8 Å². The van der Waals surface area contributed by atoms with E-state index in [4.69, 9.17) is 0 Å². The van der Waals surface area contributed by atoms with Crippen LogP contribution in [-0.4, -0.2) is 63.6 Å². The summed E-state index contributed by atoms with van der Waals surface area (Å²) < 4.78 is 1.99. The molecule has 0 bridgehead atoms. The third kappa shape index (κ3) is 5.60. The number of carbonyl (C=O) groups excluding carboxylic acids is 2. The van der Waals surface area contributed by atoms with Gasteiger partial charge < -0.3 is 9.80 Å². The molecule has 1 aromatic carbocycles. The first-order valence-corrected chi connectivity index (χ1v) is 10.1. The van der Waals surface area contributed by atoms with Crippen LogP contribution < -0.4 is 0 Å². The molecular formula is C20H28N4O2S. The van der Waals surface area contributed by atoms with E-state index in [0.717, 1.165) is 10.8 Å². The Morgan fingerprint density at radius 1 is 1.07 bits per heavy atom. The lowest BCUT2D eigenvalue weighted by Gasteiger charge is -2.23. The number of imidazole rings is 1. The topological polar surface area (TPSA) is 58.4 Å². The molecule has 0 spiro atoms. The first kappa shape index (κ1) is 21.0. The molecule has 27 heavy (non-hydrogen) atoms. The summed E-state index contributed by atoms with van der Waals surface area (Å²) in [5.41, 5.74) is 3.39. The van der Waals surface area contributed by atoms with Gasteiger partial charge in [0.1, 0.15) is 0 Å². The lowest BCUT2D eigenvalue weighted by Crippen LogP contribution is -2.41. The van der Waals surface area contributed by atoms with Crippen LogP contribution in [0.1, 0.15) is 25.0 Å². The van der Waals surface area contributed by atoms with Gasteiger partial charge in [0.2, 0.25) is 11.8 Å². The van der Waals surface area contributed by atoms with E-state index >= 15 is 0 Å². The van der Waals surface area contributed by atoms with E-state index in [2.05, 4.69) is 37.0 Å². The summed E-state index contributed by atoms with van der Waals surface area (Å²) in [7, 11) is 1.67. The van der Waals surface area contributed by atoms with E-state index in [-0.39, 0.29) is 24.1 Å². The molecule has 7 heteroatoms. The van der Waals surface area contributed by atoms with Crippen LogP contribution in [0.5, 0.6) is 0 Å². The van der Waals surface area contributed by atoms with Crippen LogP contribution in [0.25, 0.3) is 5.69 Å². The molecule has 0 saturated heterocycles. The Kier molecular flexibility index (Phi) is 7.47. The highest BCUT2D eigenvalue weighted by atomic mass is 32.2. The lowest BCUT2D eigenvalue weighted by atomic mass is 10.1. The summed E-state index contributed by atoms with van der Waals surface area (Å²) in [5, 5.41) is 0.761. The normalized spacial score (nSPS) is 10.7.